The van der Waals surface area contributed by atoms with Crippen LogP contribution in [-0.2, 0) is 4.74 Å². The van der Waals surface area contributed by atoms with Gasteiger partial charge in [0.1, 0.15) is 5.60 Å². The Morgan fingerprint density at radius 1 is 1.37 bits per heavy atom. The standard InChI is InChI=1S/C19H21BrN4O3/c1-19(2,3)27-18(26)23-7-6-12(10-23)24-16-13-8-11(20)4-5-14(13)21-9-15(16)22-17(24)25/h4-5,8-9,12H,6-7,10H2,1-3H3,(H,22,25)/t12-/m0/s1. The Hall–Kier alpha value is -2.35. The predicted octanol–water partition coefficient (Wildman–Crippen LogP) is 3.82. The van der Waals surface area contributed by atoms with Gasteiger partial charge >= 0.3 is 11.8 Å². The van der Waals surface area contributed by atoms with Gasteiger partial charge in [-0.2, -0.15) is 0 Å². The smallest absolute Gasteiger partial charge is 0.410 e. The van der Waals surface area contributed by atoms with Crippen molar-refractivity contribution in [3.8, 4) is 0 Å². The summed E-state index contributed by atoms with van der Waals surface area (Å²) in [6.45, 7) is 6.55. The fourth-order valence-electron chi connectivity index (χ4n) is 3.57. The van der Waals surface area contributed by atoms with Crippen LogP contribution in [0.5, 0.6) is 0 Å². The maximum atomic E-state index is 12.7. The molecule has 1 amide bonds. The van der Waals surface area contributed by atoms with Crippen molar-refractivity contribution in [2.75, 3.05) is 13.1 Å². The maximum absolute atomic E-state index is 12.7. The number of hydrogen-bond donors (Lipinski definition) is 1. The number of carbonyl (C=O) groups excluding carboxylic acids is 1. The average molecular weight is 433 g/mol. The Kier molecular flexibility index (Phi) is 4.25. The van der Waals surface area contributed by atoms with Crippen molar-refractivity contribution >= 4 is 44.0 Å². The van der Waals surface area contributed by atoms with Crippen LogP contribution in [0.1, 0.15) is 33.2 Å². The molecule has 1 aromatic carbocycles. The largest absolute Gasteiger partial charge is 0.444 e. The summed E-state index contributed by atoms with van der Waals surface area (Å²) in [6.07, 6.45) is 2.04. The number of hydrogen-bond acceptors (Lipinski definition) is 4. The van der Waals surface area contributed by atoms with E-state index in [9.17, 15) is 9.59 Å². The molecule has 0 saturated carbocycles. The highest BCUT2D eigenvalue weighted by Gasteiger charge is 2.32. The minimum Gasteiger partial charge on any atom is -0.444 e. The topological polar surface area (TPSA) is 80.2 Å². The number of fused-ring (bicyclic) bond motifs is 3. The lowest BCUT2D eigenvalue weighted by Gasteiger charge is -2.24. The van der Waals surface area contributed by atoms with Crippen molar-refractivity contribution in [1.29, 1.82) is 0 Å². The molecule has 0 unspecified atom stereocenters. The van der Waals surface area contributed by atoms with E-state index in [1.807, 2.05) is 39.0 Å². The van der Waals surface area contributed by atoms with E-state index in [0.717, 1.165) is 20.9 Å². The quantitative estimate of drug-likeness (QED) is 0.633. The third-order valence-corrected chi connectivity index (χ3v) is 5.18. The lowest BCUT2D eigenvalue weighted by Crippen LogP contribution is -2.36. The van der Waals surface area contributed by atoms with Crippen LogP contribution < -0.4 is 5.69 Å². The summed E-state index contributed by atoms with van der Waals surface area (Å²) in [7, 11) is 0. The second kappa shape index (κ2) is 6.37. The molecule has 3 aromatic rings. The highest BCUT2D eigenvalue weighted by Crippen LogP contribution is 2.30. The zero-order valence-electron chi connectivity index (χ0n) is 15.5. The normalized spacial score (nSPS) is 17.8. The molecule has 7 nitrogen and oxygen atoms in total. The molecule has 1 atom stereocenters. The summed E-state index contributed by atoms with van der Waals surface area (Å²) < 4.78 is 8.15. The number of halogens is 1. The maximum Gasteiger partial charge on any atom is 0.410 e. The van der Waals surface area contributed by atoms with Crippen LogP contribution >= 0.6 is 15.9 Å². The zero-order chi connectivity index (χ0) is 19.3. The van der Waals surface area contributed by atoms with Crippen LogP contribution in [0.3, 0.4) is 0 Å². The second-order valence-corrected chi connectivity index (χ2v) is 8.77. The number of pyridine rings is 1. The van der Waals surface area contributed by atoms with Gasteiger partial charge in [0.05, 0.1) is 28.8 Å². The van der Waals surface area contributed by atoms with Gasteiger partial charge in [-0.1, -0.05) is 15.9 Å². The van der Waals surface area contributed by atoms with Crippen molar-refractivity contribution < 1.29 is 9.53 Å². The first kappa shape index (κ1) is 18.0. The molecule has 4 rings (SSSR count). The van der Waals surface area contributed by atoms with Crippen molar-refractivity contribution in [3.63, 3.8) is 0 Å². The van der Waals surface area contributed by atoms with Gasteiger partial charge in [-0.05, 0) is 45.4 Å². The molecule has 8 heteroatoms. The van der Waals surface area contributed by atoms with Crippen LogP contribution in [0, 0.1) is 0 Å². The van der Waals surface area contributed by atoms with E-state index in [4.69, 9.17) is 4.74 Å². The molecular formula is C19H21BrN4O3. The van der Waals surface area contributed by atoms with E-state index < -0.39 is 5.60 Å². The molecule has 1 saturated heterocycles. The summed E-state index contributed by atoms with van der Waals surface area (Å²) in [6, 6.07) is 5.70. The number of nitrogens with one attached hydrogen (secondary N) is 1. The average Bonchev–Trinajstić information content (AvgIpc) is 3.16. The molecule has 1 aliphatic rings. The van der Waals surface area contributed by atoms with Crippen molar-refractivity contribution in [2.45, 2.75) is 38.8 Å². The number of nitrogens with zero attached hydrogens (tertiary/aromatic N) is 3. The Morgan fingerprint density at radius 3 is 2.89 bits per heavy atom. The number of aromatic amines is 1. The number of carbonyl (C=O) groups is 1. The van der Waals surface area contributed by atoms with Gasteiger partial charge in [0.25, 0.3) is 0 Å². The Labute approximate surface area is 164 Å². The predicted molar refractivity (Wildman–Crippen MR) is 107 cm³/mol. The van der Waals surface area contributed by atoms with Crippen molar-refractivity contribution in [3.05, 3.63) is 39.4 Å². The Bertz CT molecular complexity index is 1100. The van der Waals surface area contributed by atoms with Gasteiger partial charge in [0, 0.05) is 22.9 Å². The first-order chi connectivity index (χ1) is 12.7. The molecule has 0 bridgehead atoms. The van der Waals surface area contributed by atoms with Gasteiger partial charge in [-0.3, -0.25) is 9.55 Å². The number of likely N-dealkylation sites (tertiary alicyclic amines) is 1. The molecule has 1 N–H and O–H groups in total. The van der Waals surface area contributed by atoms with Crippen LogP contribution in [-0.4, -0.2) is 44.2 Å². The van der Waals surface area contributed by atoms with Crippen LogP contribution in [0.2, 0.25) is 0 Å². The SMILES string of the molecule is CC(C)(C)OC(=O)N1CC[C@H](n2c(=O)[nH]c3cnc4ccc(Br)cc4c32)C1. The Balaban J connectivity index is 1.74. The second-order valence-electron chi connectivity index (χ2n) is 7.85. The fourth-order valence-corrected chi connectivity index (χ4v) is 3.93. The van der Waals surface area contributed by atoms with Gasteiger partial charge in [-0.25, -0.2) is 9.59 Å². The van der Waals surface area contributed by atoms with Crippen LogP contribution in [0.4, 0.5) is 4.79 Å². The summed E-state index contributed by atoms with van der Waals surface area (Å²) in [5.74, 6) is 0. The van der Waals surface area contributed by atoms with E-state index in [0.29, 0.717) is 25.0 Å². The minimum atomic E-state index is -0.541. The molecule has 27 heavy (non-hydrogen) atoms. The molecule has 0 spiro atoms. The van der Waals surface area contributed by atoms with Crippen LogP contribution in [0.25, 0.3) is 21.9 Å². The zero-order valence-corrected chi connectivity index (χ0v) is 17.0. The molecule has 1 aliphatic heterocycles. The molecule has 0 radical (unpaired) electrons. The van der Waals surface area contributed by atoms with Gasteiger partial charge in [0.15, 0.2) is 0 Å². The highest BCUT2D eigenvalue weighted by molar-refractivity contribution is 9.10. The summed E-state index contributed by atoms with van der Waals surface area (Å²) in [4.78, 5) is 34.1. The van der Waals surface area contributed by atoms with Gasteiger partial charge in [-0.15, -0.1) is 0 Å². The summed E-state index contributed by atoms with van der Waals surface area (Å²) >= 11 is 3.49. The lowest BCUT2D eigenvalue weighted by atomic mass is 10.1. The van der Waals surface area contributed by atoms with Crippen molar-refractivity contribution in [1.82, 2.24) is 19.4 Å². The third kappa shape index (κ3) is 3.34. The molecular weight excluding hydrogens is 412 g/mol. The van der Waals surface area contributed by atoms with Crippen LogP contribution in [0.15, 0.2) is 33.7 Å². The molecule has 3 heterocycles. The van der Waals surface area contributed by atoms with E-state index in [1.165, 1.54) is 0 Å². The van der Waals surface area contributed by atoms with E-state index >= 15 is 0 Å². The Morgan fingerprint density at radius 2 is 2.15 bits per heavy atom. The number of H-pyrrole nitrogens is 1. The van der Waals surface area contributed by atoms with Crippen molar-refractivity contribution in [2.24, 2.45) is 0 Å². The third-order valence-electron chi connectivity index (χ3n) is 4.68. The number of imidazole rings is 1. The molecule has 1 fully saturated rings. The number of aromatic nitrogens is 3. The summed E-state index contributed by atoms with van der Waals surface area (Å²) in [5.41, 5.74) is 1.61. The minimum absolute atomic E-state index is 0.108. The number of amides is 1. The lowest BCUT2D eigenvalue weighted by molar-refractivity contribution is 0.0289. The van der Waals surface area contributed by atoms with Gasteiger partial charge in [0.2, 0.25) is 0 Å². The van der Waals surface area contributed by atoms with E-state index in [1.54, 1.807) is 15.7 Å². The number of ether oxygens (including phenoxy) is 1. The first-order valence-corrected chi connectivity index (χ1v) is 9.68. The number of rotatable bonds is 1. The highest BCUT2D eigenvalue weighted by atomic mass is 79.9. The molecule has 142 valence electrons. The van der Waals surface area contributed by atoms with E-state index in [2.05, 4.69) is 25.9 Å². The fraction of sp³-hybridized carbons (Fsp3) is 0.421. The van der Waals surface area contributed by atoms with E-state index in [-0.39, 0.29) is 17.8 Å². The molecule has 2 aromatic heterocycles. The first-order valence-electron chi connectivity index (χ1n) is 8.89. The summed E-state index contributed by atoms with van der Waals surface area (Å²) in [5, 5.41) is 0.899. The molecule has 0 aliphatic carbocycles. The number of benzene rings is 1. The monoisotopic (exact) mass is 432 g/mol. The van der Waals surface area contributed by atoms with Gasteiger partial charge < -0.3 is 14.6 Å².